The second-order valence-electron chi connectivity index (χ2n) is 3.57. The van der Waals surface area contributed by atoms with Gasteiger partial charge in [0.05, 0.1) is 12.8 Å². The number of nitrogens with zero attached hydrogens (tertiary/aromatic N) is 2. The molecule has 1 heterocycles. The number of hydrogen-bond donors (Lipinski definition) is 0. The van der Waals surface area contributed by atoms with E-state index in [9.17, 15) is 13.2 Å². The summed E-state index contributed by atoms with van der Waals surface area (Å²) in [6.45, 7) is 1.55. The van der Waals surface area contributed by atoms with Crippen molar-refractivity contribution in [1.29, 1.82) is 0 Å². The third-order valence-electron chi connectivity index (χ3n) is 2.20. The lowest BCUT2D eigenvalue weighted by atomic mass is 10.4. The first-order valence-electron chi connectivity index (χ1n) is 5.48. The van der Waals surface area contributed by atoms with E-state index < -0.39 is 6.36 Å². The highest BCUT2D eigenvalue weighted by Crippen LogP contribution is 2.23. The Labute approximate surface area is 114 Å². The van der Waals surface area contributed by atoms with Crippen LogP contribution in [0.4, 0.5) is 19.0 Å². The number of hydrogen-bond acceptors (Lipinski definition) is 4. The number of rotatable bonds is 7. The van der Waals surface area contributed by atoms with Crippen LogP contribution < -0.4 is 9.64 Å². The largest absolute Gasteiger partial charge is 0.573 e. The van der Waals surface area contributed by atoms with Crippen LogP contribution in [0.15, 0.2) is 18.3 Å². The Bertz CT molecular complexity index is 373. The predicted octanol–water partition coefficient (Wildman–Crippen LogP) is 2.67. The summed E-state index contributed by atoms with van der Waals surface area (Å²) in [6.07, 6.45) is -3.69. The molecule has 0 aliphatic carbocycles. The van der Waals surface area contributed by atoms with Crippen molar-refractivity contribution in [2.24, 2.45) is 0 Å². The lowest BCUT2D eigenvalue weighted by Gasteiger charge is -2.22. The minimum absolute atomic E-state index is 0.353. The van der Waals surface area contributed by atoms with E-state index in [1.807, 2.05) is 4.90 Å². The maximum absolute atomic E-state index is 12.0. The Morgan fingerprint density at radius 3 is 2.53 bits per heavy atom. The quantitative estimate of drug-likeness (QED) is 0.725. The molecule has 19 heavy (non-hydrogen) atoms. The molecule has 1 aromatic rings. The summed E-state index contributed by atoms with van der Waals surface area (Å²) < 4.78 is 44.7. The number of halogens is 4. The zero-order valence-electron chi connectivity index (χ0n) is 10.3. The standard InChI is InChI=1S/C11H14ClF3N2O2/c1-18-7-6-17(5-4-12)10-3-2-9(8-16-10)19-11(13,14)15/h2-3,8H,4-7H2,1H3. The fourth-order valence-electron chi connectivity index (χ4n) is 1.40. The Kier molecular flexibility index (Phi) is 6.17. The van der Waals surface area contributed by atoms with Crippen molar-refractivity contribution in [2.45, 2.75) is 6.36 Å². The molecule has 0 saturated carbocycles. The summed E-state index contributed by atoms with van der Waals surface area (Å²) in [5.74, 6) is 0.549. The Morgan fingerprint density at radius 1 is 1.32 bits per heavy atom. The fourth-order valence-corrected chi connectivity index (χ4v) is 1.60. The van der Waals surface area contributed by atoms with Gasteiger partial charge in [0.25, 0.3) is 0 Å². The van der Waals surface area contributed by atoms with Gasteiger partial charge in [-0.25, -0.2) is 4.98 Å². The van der Waals surface area contributed by atoms with Crippen LogP contribution in [-0.4, -0.2) is 44.0 Å². The van der Waals surface area contributed by atoms with Gasteiger partial charge < -0.3 is 14.4 Å². The molecule has 0 amide bonds. The number of pyridine rings is 1. The summed E-state index contributed by atoms with van der Waals surface area (Å²) in [5, 5.41) is 0. The van der Waals surface area contributed by atoms with E-state index in [4.69, 9.17) is 16.3 Å². The number of aromatic nitrogens is 1. The van der Waals surface area contributed by atoms with Crippen LogP contribution in [0.5, 0.6) is 5.75 Å². The molecule has 8 heteroatoms. The maximum Gasteiger partial charge on any atom is 0.573 e. The van der Waals surface area contributed by atoms with Crippen LogP contribution in [-0.2, 0) is 4.74 Å². The molecule has 0 bridgehead atoms. The van der Waals surface area contributed by atoms with Crippen LogP contribution in [0.2, 0.25) is 0 Å². The molecule has 4 nitrogen and oxygen atoms in total. The molecule has 0 radical (unpaired) electrons. The van der Waals surface area contributed by atoms with E-state index in [2.05, 4.69) is 9.72 Å². The van der Waals surface area contributed by atoms with Gasteiger partial charge in [-0.3, -0.25) is 0 Å². The average Bonchev–Trinajstić information content (AvgIpc) is 2.34. The molecule has 0 saturated heterocycles. The number of methoxy groups -OCH3 is 1. The van der Waals surface area contributed by atoms with Gasteiger partial charge in [-0.1, -0.05) is 0 Å². The molecule has 0 spiro atoms. The van der Waals surface area contributed by atoms with Gasteiger partial charge in [-0.05, 0) is 12.1 Å². The average molecular weight is 299 g/mol. The van der Waals surface area contributed by atoms with E-state index in [1.165, 1.54) is 12.1 Å². The molecule has 0 aliphatic heterocycles. The van der Waals surface area contributed by atoms with Crippen LogP contribution in [0.1, 0.15) is 0 Å². The summed E-state index contributed by atoms with van der Waals surface area (Å²) in [5.41, 5.74) is 0. The third-order valence-corrected chi connectivity index (χ3v) is 2.37. The van der Waals surface area contributed by atoms with Gasteiger partial charge in [-0.15, -0.1) is 24.8 Å². The second-order valence-corrected chi connectivity index (χ2v) is 3.95. The van der Waals surface area contributed by atoms with Crippen molar-refractivity contribution in [3.63, 3.8) is 0 Å². The third kappa shape index (κ3) is 5.98. The minimum Gasteiger partial charge on any atom is -0.404 e. The SMILES string of the molecule is COCCN(CCCl)c1ccc(OC(F)(F)F)cn1. The molecular weight excluding hydrogens is 285 g/mol. The second kappa shape index (κ2) is 7.40. The van der Waals surface area contributed by atoms with Gasteiger partial charge in [0.2, 0.25) is 0 Å². The van der Waals surface area contributed by atoms with Crippen molar-refractivity contribution < 1.29 is 22.6 Å². The fraction of sp³-hybridized carbons (Fsp3) is 0.545. The van der Waals surface area contributed by atoms with E-state index in [0.29, 0.717) is 31.4 Å². The monoisotopic (exact) mass is 298 g/mol. The lowest BCUT2D eigenvalue weighted by Crippen LogP contribution is -2.30. The van der Waals surface area contributed by atoms with Gasteiger partial charge in [0.15, 0.2) is 0 Å². The van der Waals surface area contributed by atoms with Crippen molar-refractivity contribution in [1.82, 2.24) is 4.98 Å². The van der Waals surface area contributed by atoms with E-state index in [1.54, 1.807) is 7.11 Å². The molecule has 0 N–H and O–H groups in total. The first-order valence-corrected chi connectivity index (χ1v) is 6.01. The molecule has 0 fully saturated rings. The van der Waals surface area contributed by atoms with Crippen molar-refractivity contribution in [3.8, 4) is 5.75 Å². The van der Waals surface area contributed by atoms with Gasteiger partial charge in [0.1, 0.15) is 11.6 Å². The zero-order chi connectivity index (χ0) is 14.3. The molecule has 0 atom stereocenters. The summed E-state index contributed by atoms with van der Waals surface area (Å²) in [6, 6.07) is 2.66. The Hall–Kier alpha value is -1.21. The summed E-state index contributed by atoms with van der Waals surface area (Å²) in [7, 11) is 1.56. The predicted molar refractivity (Wildman–Crippen MR) is 65.7 cm³/mol. The first kappa shape index (κ1) is 15.8. The van der Waals surface area contributed by atoms with Gasteiger partial charge >= 0.3 is 6.36 Å². The molecule has 0 aromatic carbocycles. The van der Waals surface area contributed by atoms with Crippen molar-refractivity contribution >= 4 is 17.4 Å². The summed E-state index contributed by atoms with van der Waals surface area (Å²) >= 11 is 5.66. The number of ether oxygens (including phenoxy) is 2. The van der Waals surface area contributed by atoms with E-state index >= 15 is 0 Å². The Morgan fingerprint density at radius 2 is 2.05 bits per heavy atom. The van der Waals surface area contributed by atoms with Crippen LogP contribution in [0.3, 0.4) is 0 Å². The highest BCUT2D eigenvalue weighted by molar-refractivity contribution is 6.18. The number of alkyl halides is 4. The van der Waals surface area contributed by atoms with Crippen LogP contribution in [0, 0.1) is 0 Å². The highest BCUT2D eigenvalue weighted by atomic mass is 35.5. The molecular formula is C11H14ClF3N2O2. The van der Waals surface area contributed by atoms with Crippen LogP contribution >= 0.6 is 11.6 Å². The van der Waals surface area contributed by atoms with Gasteiger partial charge in [0, 0.05) is 26.1 Å². The molecule has 1 rings (SSSR count). The lowest BCUT2D eigenvalue weighted by molar-refractivity contribution is -0.274. The van der Waals surface area contributed by atoms with Crippen LogP contribution in [0.25, 0.3) is 0 Å². The Balaban J connectivity index is 2.71. The molecule has 0 unspecified atom stereocenters. The molecule has 1 aromatic heterocycles. The maximum atomic E-state index is 12.0. The van der Waals surface area contributed by atoms with Gasteiger partial charge in [-0.2, -0.15) is 0 Å². The molecule has 0 aliphatic rings. The minimum atomic E-state index is -4.71. The zero-order valence-corrected chi connectivity index (χ0v) is 11.0. The van der Waals surface area contributed by atoms with Crippen molar-refractivity contribution in [3.05, 3.63) is 18.3 Å². The summed E-state index contributed by atoms with van der Waals surface area (Å²) in [4.78, 5) is 5.73. The smallest absolute Gasteiger partial charge is 0.404 e. The molecule has 108 valence electrons. The number of anilines is 1. The topological polar surface area (TPSA) is 34.6 Å². The van der Waals surface area contributed by atoms with E-state index in [0.717, 1.165) is 6.20 Å². The van der Waals surface area contributed by atoms with Crippen molar-refractivity contribution in [2.75, 3.05) is 37.6 Å². The highest BCUT2D eigenvalue weighted by Gasteiger charge is 2.31. The first-order chi connectivity index (χ1) is 8.96. The van der Waals surface area contributed by atoms with E-state index in [-0.39, 0.29) is 5.75 Å². The normalized spacial score (nSPS) is 11.4.